The molecule has 3 heterocycles. The highest BCUT2D eigenvalue weighted by Crippen LogP contribution is 2.32. The van der Waals surface area contributed by atoms with Crippen molar-refractivity contribution in [2.75, 3.05) is 37.7 Å². The lowest BCUT2D eigenvalue weighted by atomic mass is 10.2. The summed E-state index contributed by atoms with van der Waals surface area (Å²) >= 11 is 6.77. The lowest BCUT2D eigenvalue weighted by Crippen LogP contribution is -2.50. The molecule has 0 aliphatic carbocycles. The van der Waals surface area contributed by atoms with Crippen molar-refractivity contribution in [3.63, 3.8) is 0 Å². The highest BCUT2D eigenvalue weighted by Gasteiger charge is 2.34. The summed E-state index contributed by atoms with van der Waals surface area (Å²) in [6.07, 6.45) is 3.36. The van der Waals surface area contributed by atoms with Crippen LogP contribution >= 0.6 is 24.0 Å². The van der Waals surface area contributed by atoms with Crippen LogP contribution in [0.1, 0.15) is 11.3 Å². The number of thioether (sulfide) groups is 1. The third-order valence-corrected chi connectivity index (χ3v) is 6.15. The Hall–Kier alpha value is -2.09. The van der Waals surface area contributed by atoms with Crippen LogP contribution in [0, 0.1) is 6.92 Å². The van der Waals surface area contributed by atoms with E-state index in [9.17, 15) is 4.79 Å². The number of hydrogen-bond acceptors (Lipinski definition) is 6. The number of hydrogen-bond donors (Lipinski definition) is 0. The smallest absolute Gasteiger partial charge is 0.267 e. The van der Waals surface area contributed by atoms with Crippen LogP contribution in [0.25, 0.3) is 6.08 Å². The molecular weight excluding hydrogens is 378 g/mol. The maximum atomic E-state index is 12.7. The molecule has 0 N–H and O–H groups in total. The van der Waals surface area contributed by atoms with Gasteiger partial charge in [0.1, 0.15) is 10.1 Å². The van der Waals surface area contributed by atoms with Gasteiger partial charge in [0.15, 0.2) is 0 Å². The topological polar surface area (TPSA) is 39.9 Å². The fourth-order valence-corrected chi connectivity index (χ4v) is 4.52. The largest absolute Gasteiger partial charge is 0.465 e. The molecule has 27 heavy (non-hydrogen) atoms. The molecule has 0 unspecified atom stereocenters. The maximum Gasteiger partial charge on any atom is 0.267 e. The third-order valence-electron chi connectivity index (χ3n) is 4.77. The van der Waals surface area contributed by atoms with Crippen molar-refractivity contribution < 1.29 is 9.21 Å². The lowest BCUT2D eigenvalue weighted by molar-refractivity contribution is -0.123. The molecule has 0 saturated carbocycles. The van der Waals surface area contributed by atoms with Crippen molar-refractivity contribution in [3.8, 4) is 0 Å². The molecule has 1 amide bonds. The first-order valence-corrected chi connectivity index (χ1v) is 10.2. The molecule has 0 atom stereocenters. The Bertz CT molecular complexity index is 871. The molecule has 2 aliphatic heterocycles. The van der Waals surface area contributed by atoms with Crippen LogP contribution in [-0.2, 0) is 4.79 Å². The predicted molar refractivity (Wildman–Crippen MR) is 114 cm³/mol. The summed E-state index contributed by atoms with van der Waals surface area (Å²) in [6, 6.07) is 12.2. The molecule has 2 fully saturated rings. The zero-order chi connectivity index (χ0) is 18.8. The van der Waals surface area contributed by atoms with Crippen LogP contribution in [0.4, 0.5) is 5.69 Å². The van der Waals surface area contributed by atoms with E-state index in [0.717, 1.165) is 26.2 Å². The van der Waals surface area contributed by atoms with Gasteiger partial charge in [-0.25, -0.2) is 0 Å². The number of benzene rings is 1. The highest BCUT2D eigenvalue weighted by atomic mass is 32.2. The Morgan fingerprint density at radius 2 is 2.00 bits per heavy atom. The number of amides is 1. The highest BCUT2D eigenvalue weighted by molar-refractivity contribution is 8.26. The van der Waals surface area contributed by atoms with Gasteiger partial charge in [-0.1, -0.05) is 36.1 Å². The minimum Gasteiger partial charge on any atom is -0.465 e. The standard InChI is InChI=1S/C20H21N3O2S2/c1-15-4-2-5-16(12-15)22-9-7-21(8-10-22)14-23-19(24)18(27-20(23)26)13-17-6-3-11-25-17/h2-6,11-13H,7-10,14H2,1H3/b18-13-. The molecule has 5 nitrogen and oxygen atoms in total. The number of carbonyl (C=O) groups excluding carboxylic acids is 1. The van der Waals surface area contributed by atoms with Gasteiger partial charge < -0.3 is 9.32 Å². The van der Waals surface area contributed by atoms with Crippen molar-refractivity contribution in [2.24, 2.45) is 0 Å². The van der Waals surface area contributed by atoms with E-state index in [-0.39, 0.29) is 5.91 Å². The molecule has 0 spiro atoms. The fraction of sp³-hybridized carbons (Fsp3) is 0.300. The van der Waals surface area contributed by atoms with Crippen LogP contribution in [0.2, 0.25) is 0 Å². The summed E-state index contributed by atoms with van der Waals surface area (Å²) in [5.74, 6) is 0.629. The van der Waals surface area contributed by atoms with E-state index < -0.39 is 0 Å². The van der Waals surface area contributed by atoms with Crippen molar-refractivity contribution in [1.82, 2.24) is 9.80 Å². The van der Waals surface area contributed by atoms with Gasteiger partial charge in [0, 0.05) is 37.9 Å². The van der Waals surface area contributed by atoms with Crippen molar-refractivity contribution >= 4 is 46.0 Å². The summed E-state index contributed by atoms with van der Waals surface area (Å²) in [6.45, 7) is 6.36. The van der Waals surface area contributed by atoms with Gasteiger partial charge in [-0.15, -0.1) is 0 Å². The average Bonchev–Trinajstić information content (AvgIpc) is 3.27. The zero-order valence-corrected chi connectivity index (χ0v) is 16.8. The van der Waals surface area contributed by atoms with Gasteiger partial charge in [0.2, 0.25) is 0 Å². The van der Waals surface area contributed by atoms with E-state index >= 15 is 0 Å². The van der Waals surface area contributed by atoms with Gasteiger partial charge in [0.25, 0.3) is 5.91 Å². The minimum atomic E-state index is -0.0393. The van der Waals surface area contributed by atoms with Crippen LogP contribution in [0.3, 0.4) is 0 Å². The van der Waals surface area contributed by atoms with E-state index in [1.165, 1.54) is 23.0 Å². The maximum absolute atomic E-state index is 12.7. The van der Waals surface area contributed by atoms with Crippen molar-refractivity contribution in [3.05, 3.63) is 58.9 Å². The molecule has 0 bridgehead atoms. The summed E-state index contributed by atoms with van der Waals surface area (Å²) in [7, 11) is 0. The summed E-state index contributed by atoms with van der Waals surface area (Å²) < 4.78 is 5.92. The number of furan rings is 1. The second kappa shape index (κ2) is 7.88. The Labute approximate surface area is 168 Å². The Balaban J connectivity index is 1.36. The zero-order valence-electron chi connectivity index (χ0n) is 15.1. The summed E-state index contributed by atoms with van der Waals surface area (Å²) in [5.41, 5.74) is 2.54. The van der Waals surface area contributed by atoms with Gasteiger partial charge in [0.05, 0.1) is 17.8 Å². The SMILES string of the molecule is Cc1cccc(N2CCN(CN3C(=O)/C(=C/c4ccco4)SC3=S)CC2)c1. The van der Waals surface area contributed by atoms with Gasteiger partial charge >= 0.3 is 0 Å². The van der Waals surface area contributed by atoms with Crippen LogP contribution in [0.15, 0.2) is 52.0 Å². The average molecular weight is 400 g/mol. The monoisotopic (exact) mass is 399 g/mol. The van der Waals surface area contributed by atoms with Crippen LogP contribution in [0.5, 0.6) is 0 Å². The molecule has 2 aliphatic rings. The van der Waals surface area contributed by atoms with E-state index in [1.807, 2.05) is 6.07 Å². The lowest BCUT2D eigenvalue weighted by Gasteiger charge is -2.37. The number of thiocarbonyl (C=S) groups is 1. The molecule has 2 saturated heterocycles. The second-order valence-corrected chi connectivity index (χ2v) is 8.39. The number of nitrogens with zero attached hydrogens (tertiary/aromatic N) is 3. The minimum absolute atomic E-state index is 0.0393. The van der Waals surface area contributed by atoms with E-state index in [2.05, 4.69) is 41.0 Å². The van der Waals surface area contributed by atoms with Gasteiger partial charge in [-0.3, -0.25) is 14.6 Å². The fourth-order valence-electron chi connectivity index (χ4n) is 3.30. The number of carbonyl (C=O) groups is 1. The summed E-state index contributed by atoms with van der Waals surface area (Å²) in [5, 5.41) is 0. The number of anilines is 1. The molecule has 7 heteroatoms. The molecular formula is C20H21N3O2S2. The van der Waals surface area contributed by atoms with E-state index in [0.29, 0.717) is 21.7 Å². The number of piperazine rings is 1. The molecule has 4 rings (SSSR count). The van der Waals surface area contributed by atoms with Crippen molar-refractivity contribution in [1.29, 1.82) is 0 Å². The summed E-state index contributed by atoms with van der Waals surface area (Å²) in [4.78, 5) is 19.7. The first-order valence-electron chi connectivity index (χ1n) is 8.93. The third kappa shape index (κ3) is 4.10. The Morgan fingerprint density at radius 3 is 2.70 bits per heavy atom. The molecule has 1 aromatic carbocycles. The van der Waals surface area contributed by atoms with E-state index in [1.54, 1.807) is 23.3 Å². The Morgan fingerprint density at radius 1 is 1.19 bits per heavy atom. The van der Waals surface area contributed by atoms with Gasteiger partial charge in [-0.2, -0.15) is 0 Å². The first-order chi connectivity index (χ1) is 13.1. The number of rotatable bonds is 4. The normalized spacial score (nSPS) is 20.1. The van der Waals surface area contributed by atoms with Crippen molar-refractivity contribution in [2.45, 2.75) is 6.92 Å². The van der Waals surface area contributed by atoms with Gasteiger partial charge in [-0.05, 0) is 36.8 Å². The first kappa shape index (κ1) is 18.3. The molecule has 1 aromatic heterocycles. The number of aryl methyl sites for hydroxylation is 1. The molecule has 0 radical (unpaired) electrons. The molecule has 140 valence electrons. The van der Waals surface area contributed by atoms with E-state index in [4.69, 9.17) is 16.6 Å². The second-order valence-electron chi connectivity index (χ2n) is 6.71. The predicted octanol–water partition coefficient (Wildman–Crippen LogP) is 3.57. The Kier molecular flexibility index (Phi) is 5.33. The quantitative estimate of drug-likeness (QED) is 0.578. The van der Waals surface area contributed by atoms with Crippen LogP contribution in [-0.4, -0.2) is 52.9 Å². The molecule has 2 aromatic rings. The van der Waals surface area contributed by atoms with Crippen LogP contribution < -0.4 is 4.90 Å².